The Morgan fingerprint density at radius 1 is 1.13 bits per heavy atom. The average molecular weight is 322 g/mol. The van der Waals surface area contributed by atoms with Crippen LogP contribution in [0.3, 0.4) is 0 Å². The second-order valence-corrected chi connectivity index (χ2v) is 7.59. The summed E-state index contributed by atoms with van der Waals surface area (Å²) in [5, 5.41) is 14.1. The Hall–Kier alpha value is -0.810. The number of likely N-dealkylation sites (tertiary alicyclic amines) is 2. The van der Waals surface area contributed by atoms with E-state index in [0.29, 0.717) is 12.6 Å². The monoisotopic (exact) mass is 322 g/mol. The number of rotatable bonds is 4. The van der Waals surface area contributed by atoms with Crippen LogP contribution in [0.1, 0.15) is 58.3 Å². The maximum atomic E-state index is 10.7. The number of aliphatic hydroxyl groups is 1. The van der Waals surface area contributed by atoms with E-state index in [-0.39, 0.29) is 0 Å². The summed E-state index contributed by atoms with van der Waals surface area (Å²) in [6.45, 7) is 8.29. The molecule has 3 rings (SSSR count). The van der Waals surface area contributed by atoms with Crippen LogP contribution in [0.25, 0.3) is 0 Å². The smallest absolute Gasteiger partial charge is 0.194 e. The fourth-order valence-corrected chi connectivity index (χ4v) is 4.35. The van der Waals surface area contributed by atoms with Gasteiger partial charge in [-0.05, 0) is 52.1 Å². The number of nitrogens with zero attached hydrogens (tertiary/aromatic N) is 3. The minimum absolute atomic E-state index is 0.556. The third kappa shape index (κ3) is 4.38. The second kappa shape index (κ2) is 7.84. The van der Waals surface area contributed by atoms with Crippen molar-refractivity contribution in [3.63, 3.8) is 0 Å². The number of nitrogens with one attached hydrogen (secondary N) is 1. The van der Waals surface area contributed by atoms with Gasteiger partial charge in [-0.2, -0.15) is 0 Å². The molecule has 0 radical (unpaired) electrons. The van der Waals surface area contributed by atoms with Gasteiger partial charge in [0.25, 0.3) is 0 Å². The van der Waals surface area contributed by atoms with Crippen LogP contribution >= 0.6 is 0 Å². The molecule has 5 heteroatoms. The lowest BCUT2D eigenvalue weighted by atomic mass is 9.85. The molecule has 132 valence electrons. The van der Waals surface area contributed by atoms with Crippen molar-refractivity contribution in [1.29, 1.82) is 0 Å². The molecular formula is C18H34N4O. The van der Waals surface area contributed by atoms with E-state index >= 15 is 0 Å². The van der Waals surface area contributed by atoms with Gasteiger partial charge in [0.1, 0.15) is 0 Å². The van der Waals surface area contributed by atoms with Gasteiger partial charge in [-0.15, -0.1) is 0 Å². The van der Waals surface area contributed by atoms with E-state index in [9.17, 15) is 5.11 Å². The SMILES string of the molecule is CCNC(=NCC1(O)CCCCC1)N1CCC(N2CCCC2)C1. The van der Waals surface area contributed by atoms with E-state index in [0.717, 1.165) is 51.3 Å². The summed E-state index contributed by atoms with van der Waals surface area (Å²) in [6, 6.07) is 0.694. The fraction of sp³-hybridized carbons (Fsp3) is 0.944. The van der Waals surface area contributed by atoms with Crippen LogP contribution in [0.4, 0.5) is 0 Å². The molecule has 0 aromatic carbocycles. The van der Waals surface area contributed by atoms with Gasteiger partial charge in [-0.1, -0.05) is 19.3 Å². The minimum atomic E-state index is -0.563. The van der Waals surface area contributed by atoms with Crippen LogP contribution in [0, 0.1) is 0 Å². The lowest BCUT2D eigenvalue weighted by Crippen LogP contribution is -2.44. The molecule has 3 aliphatic rings. The zero-order valence-corrected chi connectivity index (χ0v) is 14.8. The van der Waals surface area contributed by atoms with Crippen molar-refractivity contribution in [2.24, 2.45) is 4.99 Å². The summed E-state index contributed by atoms with van der Waals surface area (Å²) in [5.41, 5.74) is -0.563. The van der Waals surface area contributed by atoms with E-state index in [1.807, 2.05) is 0 Å². The van der Waals surface area contributed by atoms with Gasteiger partial charge in [0.05, 0.1) is 12.1 Å². The van der Waals surface area contributed by atoms with E-state index < -0.39 is 5.60 Å². The van der Waals surface area contributed by atoms with Gasteiger partial charge < -0.3 is 15.3 Å². The summed E-state index contributed by atoms with van der Waals surface area (Å²) < 4.78 is 0. The zero-order valence-electron chi connectivity index (χ0n) is 14.8. The van der Waals surface area contributed by atoms with Gasteiger partial charge in [-0.25, -0.2) is 0 Å². The van der Waals surface area contributed by atoms with Crippen molar-refractivity contribution in [2.75, 3.05) is 39.3 Å². The minimum Gasteiger partial charge on any atom is -0.388 e. The fourth-order valence-electron chi connectivity index (χ4n) is 4.35. The van der Waals surface area contributed by atoms with Gasteiger partial charge in [-0.3, -0.25) is 9.89 Å². The highest BCUT2D eigenvalue weighted by molar-refractivity contribution is 5.80. The first-order valence-electron chi connectivity index (χ1n) is 9.70. The quantitative estimate of drug-likeness (QED) is 0.612. The van der Waals surface area contributed by atoms with Crippen molar-refractivity contribution in [1.82, 2.24) is 15.1 Å². The predicted molar refractivity (Wildman–Crippen MR) is 94.8 cm³/mol. The van der Waals surface area contributed by atoms with Crippen molar-refractivity contribution in [3.8, 4) is 0 Å². The van der Waals surface area contributed by atoms with Crippen molar-refractivity contribution in [3.05, 3.63) is 0 Å². The Bertz CT molecular complexity index is 400. The number of aliphatic imine (C=N–C) groups is 1. The molecule has 1 aliphatic carbocycles. The predicted octanol–water partition coefficient (Wildman–Crippen LogP) is 1.82. The van der Waals surface area contributed by atoms with E-state index in [1.54, 1.807) is 0 Å². The van der Waals surface area contributed by atoms with E-state index in [4.69, 9.17) is 4.99 Å². The Balaban J connectivity index is 1.58. The zero-order chi connectivity index (χ0) is 16.1. The van der Waals surface area contributed by atoms with Crippen LogP contribution in [0.15, 0.2) is 4.99 Å². The first-order valence-corrected chi connectivity index (χ1v) is 9.70. The van der Waals surface area contributed by atoms with Gasteiger partial charge >= 0.3 is 0 Å². The Labute approximate surface area is 141 Å². The largest absolute Gasteiger partial charge is 0.388 e. The van der Waals surface area contributed by atoms with Gasteiger partial charge in [0.15, 0.2) is 5.96 Å². The molecule has 1 unspecified atom stereocenters. The summed E-state index contributed by atoms with van der Waals surface area (Å²) in [4.78, 5) is 9.87. The number of guanidine groups is 1. The van der Waals surface area contributed by atoms with Crippen LogP contribution in [0.5, 0.6) is 0 Å². The van der Waals surface area contributed by atoms with Gasteiger partial charge in [0, 0.05) is 25.7 Å². The van der Waals surface area contributed by atoms with Crippen molar-refractivity contribution >= 4 is 5.96 Å². The van der Waals surface area contributed by atoms with Gasteiger partial charge in [0.2, 0.25) is 0 Å². The highest BCUT2D eigenvalue weighted by Gasteiger charge is 2.32. The molecule has 0 aromatic rings. The maximum absolute atomic E-state index is 10.7. The molecule has 2 heterocycles. The molecule has 3 fully saturated rings. The molecule has 1 saturated carbocycles. The lowest BCUT2D eigenvalue weighted by Gasteiger charge is -2.31. The van der Waals surface area contributed by atoms with Crippen LogP contribution in [-0.2, 0) is 0 Å². The number of hydrogen-bond donors (Lipinski definition) is 2. The highest BCUT2D eigenvalue weighted by atomic mass is 16.3. The molecule has 0 bridgehead atoms. The van der Waals surface area contributed by atoms with Crippen LogP contribution < -0.4 is 5.32 Å². The maximum Gasteiger partial charge on any atom is 0.194 e. The molecule has 0 aromatic heterocycles. The lowest BCUT2D eigenvalue weighted by molar-refractivity contribution is 0.0130. The summed E-state index contributed by atoms with van der Waals surface area (Å²) in [5.74, 6) is 1.01. The summed E-state index contributed by atoms with van der Waals surface area (Å²) >= 11 is 0. The van der Waals surface area contributed by atoms with Crippen molar-refractivity contribution < 1.29 is 5.11 Å². The van der Waals surface area contributed by atoms with E-state index in [2.05, 4.69) is 22.0 Å². The Kier molecular flexibility index (Phi) is 5.81. The first kappa shape index (κ1) is 17.0. The molecule has 1 atom stereocenters. The molecule has 0 spiro atoms. The first-order chi connectivity index (χ1) is 11.2. The molecular weight excluding hydrogens is 288 g/mol. The third-order valence-corrected chi connectivity index (χ3v) is 5.76. The second-order valence-electron chi connectivity index (χ2n) is 7.59. The van der Waals surface area contributed by atoms with Crippen LogP contribution in [-0.4, -0.2) is 71.8 Å². The molecule has 0 amide bonds. The molecule has 23 heavy (non-hydrogen) atoms. The standard InChI is InChI=1S/C18H34N4O/c1-2-19-17(20-15-18(23)9-4-3-5-10-18)22-13-8-16(14-22)21-11-6-7-12-21/h16,23H,2-15H2,1H3,(H,19,20). The summed E-state index contributed by atoms with van der Waals surface area (Å²) in [7, 11) is 0. The highest BCUT2D eigenvalue weighted by Crippen LogP contribution is 2.28. The topological polar surface area (TPSA) is 51.1 Å². The molecule has 2 N–H and O–H groups in total. The molecule has 5 nitrogen and oxygen atoms in total. The molecule has 2 saturated heterocycles. The molecule has 2 aliphatic heterocycles. The van der Waals surface area contributed by atoms with Crippen molar-refractivity contribution in [2.45, 2.75) is 69.9 Å². The van der Waals surface area contributed by atoms with E-state index in [1.165, 1.54) is 38.8 Å². The van der Waals surface area contributed by atoms with Crippen LogP contribution in [0.2, 0.25) is 0 Å². The average Bonchev–Trinajstić information content (AvgIpc) is 3.23. The Morgan fingerprint density at radius 2 is 1.87 bits per heavy atom. The normalized spacial score (nSPS) is 29.2. The number of hydrogen-bond acceptors (Lipinski definition) is 3. The third-order valence-electron chi connectivity index (χ3n) is 5.76. The summed E-state index contributed by atoms with van der Waals surface area (Å²) in [6.07, 6.45) is 9.32. The Morgan fingerprint density at radius 3 is 2.57 bits per heavy atom.